The summed E-state index contributed by atoms with van der Waals surface area (Å²) in [5.41, 5.74) is 1.77. The molecule has 3 heterocycles. The Balaban J connectivity index is 1.26. The van der Waals surface area contributed by atoms with Crippen LogP contribution < -0.4 is 4.90 Å². The number of carbonyl (C=O) groups excluding carboxylic acids is 1. The predicted octanol–water partition coefficient (Wildman–Crippen LogP) is 1.78. The van der Waals surface area contributed by atoms with Crippen LogP contribution in [0.2, 0.25) is 0 Å². The fourth-order valence-corrected chi connectivity index (χ4v) is 3.58. The highest BCUT2D eigenvalue weighted by atomic mass is 16.5. The zero-order valence-electron chi connectivity index (χ0n) is 16.6. The van der Waals surface area contributed by atoms with E-state index >= 15 is 0 Å². The van der Waals surface area contributed by atoms with Gasteiger partial charge in [-0.3, -0.25) is 9.69 Å². The minimum absolute atomic E-state index is 0.0186. The Labute approximate surface area is 171 Å². The zero-order chi connectivity index (χ0) is 19.9. The molecule has 29 heavy (non-hydrogen) atoms. The van der Waals surface area contributed by atoms with Gasteiger partial charge in [0.15, 0.2) is 0 Å². The second kappa shape index (κ2) is 9.62. The Bertz CT molecular complexity index is 811. The van der Waals surface area contributed by atoms with E-state index in [0.717, 1.165) is 32.7 Å². The Morgan fingerprint density at radius 1 is 0.966 bits per heavy atom. The summed E-state index contributed by atoms with van der Waals surface area (Å²) in [5.74, 6) is 0.679. The van der Waals surface area contributed by atoms with Crippen LogP contribution in [0.25, 0.3) is 6.08 Å². The second-order valence-corrected chi connectivity index (χ2v) is 7.28. The zero-order valence-corrected chi connectivity index (χ0v) is 16.6. The van der Waals surface area contributed by atoms with E-state index in [1.54, 1.807) is 17.3 Å². The number of hydrogen-bond donors (Lipinski definition) is 0. The summed E-state index contributed by atoms with van der Waals surface area (Å²) in [7, 11) is 0. The van der Waals surface area contributed by atoms with Crippen molar-refractivity contribution in [3.63, 3.8) is 0 Å². The van der Waals surface area contributed by atoms with Gasteiger partial charge in [0.2, 0.25) is 5.95 Å². The lowest BCUT2D eigenvalue weighted by atomic mass is 10.2. The molecule has 0 atom stereocenters. The van der Waals surface area contributed by atoms with E-state index in [1.807, 2.05) is 6.07 Å². The van der Waals surface area contributed by atoms with Crippen molar-refractivity contribution in [1.29, 1.82) is 0 Å². The molecule has 1 aromatic carbocycles. The number of anilines is 1. The van der Waals surface area contributed by atoms with E-state index in [2.05, 4.69) is 56.2 Å². The summed E-state index contributed by atoms with van der Waals surface area (Å²) in [6.45, 7) is 7.09. The molecule has 2 fully saturated rings. The number of piperazine rings is 1. The topological polar surface area (TPSA) is 61.8 Å². The number of nitrogens with zero attached hydrogens (tertiary/aromatic N) is 5. The first-order valence-electron chi connectivity index (χ1n) is 10.2. The Hall–Kier alpha value is -2.77. The molecule has 4 rings (SSSR count). The van der Waals surface area contributed by atoms with Gasteiger partial charge in [0.25, 0.3) is 5.91 Å². The van der Waals surface area contributed by atoms with Gasteiger partial charge in [-0.2, -0.15) is 0 Å². The van der Waals surface area contributed by atoms with E-state index in [9.17, 15) is 4.79 Å². The summed E-state index contributed by atoms with van der Waals surface area (Å²) in [6, 6.07) is 10.4. The summed E-state index contributed by atoms with van der Waals surface area (Å²) < 4.78 is 5.30. The molecule has 2 aromatic rings. The molecule has 7 nitrogen and oxygen atoms in total. The molecule has 0 N–H and O–H groups in total. The van der Waals surface area contributed by atoms with Gasteiger partial charge in [-0.25, -0.2) is 9.97 Å². The number of morpholine rings is 1. The largest absolute Gasteiger partial charge is 0.378 e. The normalized spacial score (nSPS) is 18.3. The first-order chi connectivity index (χ1) is 14.3. The number of ether oxygens (including phenoxy) is 1. The van der Waals surface area contributed by atoms with Crippen molar-refractivity contribution in [2.45, 2.75) is 0 Å². The molecule has 0 unspecified atom stereocenters. The molecular formula is C22H27N5O2. The van der Waals surface area contributed by atoms with E-state index in [1.165, 1.54) is 5.56 Å². The van der Waals surface area contributed by atoms with Crippen LogP contribution in [0.5, 0.6) is 0 Å². The maximum absolute atomic E-state index is 12.5. The van der Waals surface area contributed by atoms with Crippen molar-refractivity contribution in [1.82, 2.24) is 19.8 Å². The van der Waals surface area contributed by atoms with Crippen LogP contribution in [0.1, 0.15) is 15.9 Å². The maximum Gasteiger partial charge on any atom is 0.257 e. The van der Waals surface area contributed by atoms with Crippen molar-refractivity contribution in [3.8, 4) is 0 Å². The highest BCUT2D eigenvalue weighted by Crippen LogP contribution is 2.13. The fraction of sp³-hybridized carbons (Fsp3) is 0.409. The van der Waals surface area contributed by atoms with Gasteiger partial charge in [0.05, 0.1) is 18.8 Å². The van der Waals surface area contributed by atoms with Gasteiger partial charge < -0.3 is 14.5 Å². The van der Waals surface area contributed by atoms with E-state index < -0.39 is 0 Å². The Kier molecular flexibility index (Phi) is 6.49. The van der Waals surface area contributed by atoms with Crippen LogP contribution >= 0.6 is 0 Å². The molecule has 0 saturated carbocycles. The van der Waals surface area contributed by atoms with Crippen molar-refractivity contribution >= 4 is 17.9 Å². The second-order valence-electron chi connectivity index (χ2n) is 7.28. The quantitative estimate of drug-likeness (QED) is 0.772. The third kappa shape index (κ3) is 5.19. The molecule has 2 aliphatic heterocycles. The Morgan fingerprint density at radius 3 is 2.34 bits per heavy atom. The molecule has 1 amide bonds. The minimum Gasteiger partial charge on any atom is -0.378 e. The van der Waals surface area contributed by atoms with Crippen LogP contribution in [-0.4, -0.2) is 84.7 Å². The first-order valence-corrected chi connectivity index (χ1v) is 10.2. The number of rotatable bonds is 5. The molecule has 7 heteroatoms. The average Bonchev–Trinajstić information content (AvgIpc) is 2.80. The number of amides is 1. The van der Waals surface area contributed by atoms with E-state index in [-0.39, 0.29) is 5.91 Å². The third-order valence-corrected chi connectivity index (χ3v) is 5.31. The van der Waals surface area contributed by atoms with Gasteiger partial charge in [0, 0.05) is 58.2 Å². The van der Waals surface area contributed by atoms with Gasteiger partial charge in [-0.15, -0.1) is 0 Å². The molecule has 0 spiro atoms. The summed E-state index contributed by atoms with van der Waals surface area (Å²) in [5, 5.41) is 0. The van der Waals surface area contributed by atoms with Crippen LogP contribution in [0.15, 0.2) is 48.8 Å². The predicted molar refractivity (Wildman–Crippen MR) is 113 cm³/mol. The lowest BCUT2D eigenvalue weighted by Crippen LogP contribution is -2.47. The van der Waals surface area contributed by atoms with Crippen LogP contribution in [0.4, 0.5) is 5.95 Å². The maximum atomic E-state index is 12.5. The summed E-state index contributed by atoms with van der Waals surface area (Å²) in [4.78, 5) is 27.8. The smallest absolute Gasteiger partial charge is 0.257 e. The highest BCUT2D eigenvalue weighted by molar-refractivity contribution is 5.93. The monoisotopic (exact) mass is 393 g/mol. The van der Waals surface area contributed by atoms with Crippen LogP contribution in [-0.2, 0) is 4.74 Å². The van der Waals surface area contributed by atoms with Crippen molar-refractivity contribution in [2.75, 3.05) is 63.9 Å². The molecule has 1 aromatic heterocycles. The fourth-order valence-electron chi connectivity index (χ4n) is 3.58. The van der Waals surface area contributed by atoms with E-state index in [4.69, 9.17) is 4.74 Å². The summed E-state index contributed by atoms with van der Waals surface area (Å²) in [6.07, 6.45) is 7.68. The molecule has 152 valence electrons. The third-order valence-electron chi connectivity index (χ3n) is 5.31. The minimum atomic E-state index is -0.0186. The van der Waals surface area contributed by atoms with E-state index in [0.29, 0.717) is 37.8 Å². The number of benzene rings is 1. The van der Waals surface area contributed by atoms with Gasteiger partial charge in [-0.05, 0) is 5.56 Å². The molecule has 0 radical (unpaired) electrons. The summed E-state index contributed by atoms with van der Waals surface area (Å²) >= 11 is 0. The highest BCUT2D eigenvalue weighted by Gasteiger charge is 2.21. The molecule has 0 aliphatic carbocycles. The SMILES string of the molecule is O=C(c1cnc(N2CCN(C/C=C/c3ccccc3)CC2)nc1)N1CCOCC1. The number of carbonyl (C=O) groups is 1. The van der Waals surface area contributed by atoms with Crippen LogP contribution in [0, 0.1) is 0 Å². The molecule has 0 bridgehead atoms. The van der Waals surface area contributed by atoms with Crippen molar-refractivity contribution in [3.05, 3.63) is 59.9 Å². The van der Waals surface area contributed by atoms with Gasteiger partial charge in [-0.1, -0.05) is 42.5 Å². The van der Waals surface area contributed by atoms with Gasteiger partial charge in [0.1, 0.15) is 0 Å². The average molecular weight is 393 g/mol. The van der Waals surface area contributed by atoms with Crippen LogP contribution in [0.3, 0.4) is 0 Å². The lowest BCUT2D eigenvalue weighted by molar-refractivity contribution is 0.0302. The van der Waals surface area contributed by atoms with Crippen molar-refractivity contribution < 1.29 is 9.53 Å². The first kappa shape index (κ1) is 19.5. The molecule has 2 saturated heterocycles. The Morgan fingerprint density at radius 2 is 1.66 bits per heavy atom. The number of aromatic nitrogens is 2. The van der Waals surface area contributed by atoms with Gasteiger partial charge >= 0.3 is 0 Å². The van der Waals surface area contributed by atoms with Crippen molar-refractivity contribution in [2.24, 2.45) is 0 Å². The lowest BCUT2D eigenvalue weighted by Gasteiger charge is -2.34. The number of hydrogen-bond acceptors (Lipinski definition) is 6. The molecule has 2 aliphatic rings. The molecular weight excluding hydrogens is 366 g/mol. The standard InChI is InChI=1S/C22H27N5O2/c28-21(26-13-15-29-16-14-26)20-17-23-22(24-18-20)27-11-9-25(10-12-27)8-4-7-19-5-2-1-3-6-19/h1-7,17-18H,8-16H2/b7-4+.